The number of pyridine rings is 1. The Morgan fingerprint density at radius 2 is 1.73 bits per heavy atom. The molecule has 166 valence electrons. The van der Waals surface area contributed by atoms with Gasteiger partial charge in [0.25, 0.3) is 5.91 Å². The van der Waals surface area contributed by atoms with Gasteiger partial charge in [-0.15, -0.1) is 0 Å². The third-order valence-electron chi connectivity index (χ3n) is 4.91. The molecular weight excluding hydrogens is 424 g/mol. The fourth-order valence-corrected chi connectivity index (χ4v) is 3.19. The van der Waals surface area contributed by atoms with Gasteiger partial charge in [0.15, 0.2) is 17.5 Å². The Morgan fingerprint density at radius 1 is 0.909 bits per heavy atom. The van der Waals surface area contributed by atoms with E-state index in [1.807, 2.05) is 48.5 Å². The van der Waals surface area contributed by atoms with Gasteiger partial charge in [-0.2, -0.15) is 0 Å². The number of nitrogens with zero attached hydrogens (tertiary/aromatic N) is 3. The van der Waals surface area contributed by atoms with Crippen LogP contribution in [-0.2, 0) is 13.0 Å². The lowest BCUT2D eigenvalue weighted by Crippen LogP contribution is -2.25. The molecule has 0 bridgehead atoms. The first-order valence-corrected chi connectivity index (χ1v) is 10.4. The van der Waals surface area contributed by atoms with Crippen LogP contribution in [0.15, 0.2) is 79.1 Å². The summed E-state index contributed by atoms with van der Waals surface area (Å²) in [6.07, 6.45) is 3.70. The van der Waals surface area contributed by atoms with E-state index >= 15 is 0 Å². The highest BCUT2D eigenvalue weighted by Crippen LogP contribution is 2.21. The molecular formula is C25H21F2N5O. The first-order valence-electron chi connectivity index (χ1n) is 10.4. The van der Waals surface area contributed by atoms with Crippen LogP contribution in [0.2, 0.25) is 0 Å². The summed E-state index contributed by atoms with van der Waals surface area (Å²) in [7, 11) is 0. The molecule has 0 aliphatic carbocycles. The smallest absolute Gasteiger partial charge is 0.256 e. The molecule has 0 unspecified atom stereocenters. The van der Waals surface area contributed by atoms with Crippen molar-refractivity contribution >= 4 is 11.7 Å². The van der Waals surface area contributed by atoms with Gasteiger partial charge in [0.2, 0.25) is 0 Å². The van der Waals surface area contributed by atoms with Gasteiger partial charge in [0.1, 0.15) is 11.4 Å². The normalized spacial score (nSPS) is 10.6. The second kappa shape index (κ2) is 10.4. The van der Waals surface area contributed by atoms with Crippen LogP contribution in [0.4, 0.5) is 14.6 Å². The van der Waals surface area contributed by atoms with E-state index in [0.717, 1.165) is 23.4 Å². The molecule has 1 amide bonds. The highest BCUT2D eigenvalue weighted by atomic mass is 19.2. The first kappa shape index (κ1) is 22.0. The van der Waals surface area contributed by atoms with Crippen LogP contribution in [0, 0.1) is 11.6 Å². The lowest BCUT2D eigenvalue weighted by Gasteiger charge is -2.13. The van der Waals surface area contributed by atoms with Crippen molar-refractivity contribution in [3.8, 4) is 11.4 Å². The third kappa shape index (κ3) is 5.74. The molecule has 0 aliphatic rings. The quantitative estimate of drug-likeness (QED) is 0.420. The Hall–Kier alpha value is -4.20. The monoisotopic (exact) mass is 445 g/mol. The zero-order valence-corrected chi connectivity index (χ0v) is 17.6. The Balaban J connectivity index is 1.56. The van der Waals surface area contributed by atoms with Crippen LogP contribution in [-0.4, -0.2) is 27.4 Å². The second-order valence-electron chi connectivity index (χ2n) is 7.25. The number of anilines is 1. The summed E-state index contributed by atoms with van der Waals surface area (Å²) in [5.74, 6) is -1.83. The highest BCUT2D eigenvalue weighted by molar-refractivity contribution is 5.98. The largest absolute Gasteiger partial charge is 0.369 e. The topological polar surface area (TPSA) is 79.8 Å². The summed E-state index contributed by atoms with van der Waals surface area (Å²) in [4.78, 5) is 25.8. The molecule has 0 saturated heterocycles. The molecule has 6 nitrogen and oxygen atoms in total. The van der Waals surface area contributed by atoms with E-state index in [2.05, 4.69) is 25.6 Å². The van der Waals surface area contributed by atoms with Crippen molar-refractivity contribution < 1.29 is 13.6 Å². The molecule has 4 aromatic rings. The molecule has 2 aromatic heterocycles. The average molecular weight is 445 g/mol. The van der Waals surface area contributed by atoms with Crippen LogP contribution < -0.4 is 10.6 Å². The van der Waals surface area contributed by atoms with Crippen LogP contribution in [0.25, 0.3) is 11.4 Å². The number of carbonyl (C=O) groups excluding carboxylic acids is 1. The minimum absolute atomic E-state index is 0.175. The van der Waals surface area contributed by atoms with Crippen molar-refractivity contribution in [2.24, 2.45) is 0 Å². The molecule has 33 heavy (non-hydrogen) atoms. The van der Waals surface area contributed by atoms with Crippen molar-refractivity contribution in [2.75, 3.05) is 11.9 Å². The Morgan fingerprint density at radius 3 is 2.48 bits per heavy atom. The number of amides is 1. The van der Waals surface area contributed by atoms with Crippen LogP contribution in [0.1, 0.15) is 21.6 Å². The summed E-state index contributed by atoms with van der Waals surface area (Å²) in [6, 6.07) is 18.6. The van der Waals surface area contributed by atoms with E-state index in [4.69, 9.17) is 0 Å². The lowest BCUT2D eigenvalue weighted by molar-refractivity contribution is 0.0951. The summed E-state index contributed by atoms with van der Waals surface area (Å²) in [5, 5.41) is 6.02. The van der Waals surface area contributed by atoms with E-state index in [-0.39, 0.29) is 17.3 Å². The molecule has 0 saturated carbocycles. The zero-order chi connectivity index (χ0) is 23.0. The summed E-state index contributed by atoms with van der Waals surface area (Å²) < 4.78 is 27.0. The molecule has 2 heterocycles. The molecule has 0 fully saturated rings. The van der Waals surface area contributed by atoms with Crippen molar-refractivity contribution in [1.82, 2.24) is 20.3 Å². The predicted octanol–water partition coefficient (Wildman–Crippen LogP) is 4.40. The number of benzene rings is 2. The average Bonchev–Trinajstić information content (AvgIpc) is 2.85. The number of hydrogen-bond acceptors (Lipinski definition) is 5. The van der Waals surface area contributed by atoms with Crippen LogP contribution in [0.5, 0.6) is 0 Å². The molecule has 2 aromatic carbocycles. The van der Waals surface area contributed by atoms with Crippen LogP contribution in [0.3, 0.4) is 0 Å². The van der Waals surface area contributed by atoms with E-state index < -0.39 is 11.6 Å². The summed E-state index contributed by atoms with van der Waals surface area (Å²) >= 11 is 0. The van der Waals surface area contributed by atoms with Gasteiger partial charge >= 0.3 is 0 Å². The van der Waals surface area contributed by atoms with Gasteiger partial charge in [-0.1, -0.05) is 36.4 Å². The number of halogens is 2. The second-order valence-corrected chi connectivity index (χ2v) is 7.25. The Bertz CT molecular complexity index is 1240. The van der Waals surface area contributed by atoms with E-state index in [9.17, 15) is 13.6 Å². The van der Waals surface area contributed by atoms with Crippen LogP contribution >= 0.6 is 0 Å². The Labute approximate surface area is 189 Å². The van der Waals surface area contributed by atoms with Gasteiger partial charge in [-0.05, 0) is 35.9 Å². The standard InChI is InChI=1S/C25H21F2N5O/c26-21-10-9-18(14-22(21)27)23-30-16-20(25(33)31-15-17-6-2-1-3-7-17)24(32-23)29-13-11-19-8-4-5-12-28-19/h1-10,12,14,16H,11,13,15H2,(H,31,33)(H,29,30,32). The number of carbonyl (C=O) groups is 1. The van der Waals surface area contributed by atoms with Gasteiger partial charge in [-0.3, -0.25) is 9.78 Å². The summed E-state index contributed by atoms with van der Waals surface area (Å²) in [6.45, 7) is 0.808. The zero-order valence-electron chi connectivity index (χ0n) is 17.6. The van der Waals surface area contributed by atoms with E-state index in [1.165, 1.54) is 12.3 Å². The maximum atomic E-state index is 13.7. The molecule has 0 radical (unpaired) electrons. The molecule has 2 N–H and O–H groups in total. The molecule has 4 rings (SSSR count). The summed E-state index contributed by atoms with van der Waals surface area (Å²) in [5.41, 5.74) is 2.39. The van der Waals surface area contributed by atoms with Crippen molar-refractivity contribution in [3.63, 3.8) is 0 Å². The first-order chi connectivity index (χ1) is 16.1. The SMILES string of the molecule is O=C(NCc1ccccc1)c1cnc(-c2ccc(F)c(F)c2)nc1NCCc1ccccn1. The van der Waals surface area contributed by atoms with Crippen molar-refractivity contribution in [3.05, 3.63) is 108 Å². The molecule has 8 heteroatoms. The van der Waals surface area contributed by atoms with Gasteiger partial charge in [0.05, 0.1) is 0 Å². The minimum atomic E-state index is -0.995. The van der Waals surface area contributed by atoms with Gasteiger partial charge < -0.3 is 10.6 Å². The fraction of sp³-hybridized carbons (Fsp3) is 0.120. The lowest BCUT2D eigenvalue weighted by atomic mass is 10.2. The third-order valence-corrected chi connectivity index (χ3v) is 4.91. The number of aromatic nitrogens is 3. The fourth-order valence-electron chi connectivity index (χ4n) is 3.19. The Kier molecular flexibility index (Phi) is 6.94. The van der Waals surface area contributed by atoms with E-state index in [0.29, 0.717) is 30.9 Å². The maximum absolute atomic E-state index is 13.7. The minimum Gasteiger partial charge on any atom is -0.369 e. The predicted molar refractivity (Wildman–Crippen MR) is 121 cm³/mol. The van der Waals surface area contributed by atoms with E-state index in [1.54, 1.807) is 6.20 Å². The number of hydrogen-bond donors (Lipinski definition) is 2. The van der Waals surface area contributed by atoms with Crippen molar-refractivity contribution in [2.45, 2.75) is 13.0 Å². The maximum Gasteiger partial charge on any atom is 0.256 e. The number of nitrogens with one attached hydrogen (secondary N) is 2. The highest BCUT2D eigenvalue weighted by Gasteiger charge is 2.16. The van der Waals surface area contributed by atoms with Gasteiger partial charge in [-0.25, -0.2) is 18.7 Å². The molecule has 0 spiro atoms. The van der Waals surface area contributed by atoms with Crippen molar-refractivity contribution in [1.29, 1.82) is 0 Å². The molecule has 0 atom stereocenters. The number of rotatable bonds is 8. The van der Waals surface area contributed by atoms with Gasteiger partial charge in [0, 0.05) is 43.2 Å². The molecule has 0 aliphatic heterocycles.